The summed E-state index contributed by atoms with van der Waals surface area (Å²) in [4.78, 5) is 27.8. The molecule has 4 saturated carbocycles. The molecule has 250 valence electrons. The summed E-state index contributed by atoms with van der Waals surface area (Å²) in [5.41, 5.74) is 3.45. The van der Waals surface area contributed by atoms with Crippen molar-refractivity contribution in [3.8, 4) is 22.6 Å². The Kier molecular flexibility index (Phi) is 9.63. The molecule has 5 fully saturated rings. The van der Waals surface area contributed by atoms with E-state index in [4.69, 9.17) is 37.9 Å². The molecule has 2 bridgehead atoms. The van der Waals surface area contributed by atoms with Crippen LogP contribution >= 0.6 is 23.2 Å². The van der Waals surface area contributed by atoms with Gasteiger partial charge in [-0.25, -0.2) is 19.7 Å². The van der Waals surface area contributed by atoms with Crippen LogP contribution < -0.4 is 10.6 Å². The molecule has 0 radical (unpaired) electrons. The molecule has 47 heavy (non-hydrogen) atoms. The first kappa shape index (κ1) is 32.6. The number of nitrogens with one attached hydrogen (secondary N) is 2. The topological polar surface area (TPSA) is 94.0 Å². The van der Waals surface area contributed by atoms with E-state index >= 15 is 0 Å². The first-order valence-corrected chi connectivity index (χ1v) is 18.3. The first-order valence-electron chi connectivity index (χ1n) is 17.6. The second-order valence-corrected chi connectivity index (χ2v) is 15.1. The molecule has 0 amide bonds. The molecule has 2 aromatic heterocycles. The third-order valence-corrected chi connectivity index (χ3v) is 11.9. The van der Waals surface area contributed by atoms with Crippen molar-refractivity contribution < 1.29 is 9.53 Å². The van der Waals surface area contributed by atoms with Gasteiger partial charge in [0, 0.05) is 36.3 Å². The SMILES string of the molecule is C/C=C/C(=O)OC12CCC(Cn3c(C4CCNCC4)nc(-c4ccc(Cl)c(Cl)c4)c3-c3ccnc(NC4CCCCC4)n3)(CC1)CC2. The molecule has 1 aliphatic heterocycles. The summed E-state index contributed by atoms with van der Waals surface area (Å²) < 4.78 is 8.58. The largest absolute Gasteiger partial charge is 0.456 e. The predicted molar refractivity (Wildman–Crippen MR) is 188 cm³/mol. The van der Waals surface area contributed by atoms with Gasteiger partial charge in [-0.05, 0) is 108 Å². The van der Waals surface area contributed by atoms with Crippen molar-refractivity contribution >= 4 is 35.1 Å². The van der Waals surface area contributed by atoms with Gasteiger partial charge in [0.05, 0.1) is 27.1 Å². The van der Waals surface area contributed by atoms with Gasteiger partial charge < -0.3 is 19.9 Å². The van der Waals surface area contributed by atoms with Crippen molar-refractivity contribution in [3.05, 3.63) is 58.5 Å². The lowest BCUT2D eigenvalue weighted by Crippen LogP contribution is -2.50. The molecule has 1 aromatic carbocycles. The number of carbonyl (C=O) groups excluding carboxylic acids is 1. The lowest BCUT2D eigenvalue weighted by atomic mass is 9.58. The van der Waals surface area contributed by atoms with Crippen LogP contribution in [0.2, 0.25) is 10.0 Å². The van der Waals surface area contributed by atoms with Crippen molar-refractivity contribution in [2.45, 2.75) is 114 Å². The van der Waals surface area contributed by atoms with Crippen LogP contribution in [0.5, 0.6) is 0 Å². The second kappa shape index (κ2) is 13.9. The number of allylic oxidation sites excluding steroid dienone is 1. The van der Waals surface area contributed by atoms with Gasteiger partial charge in [-0.15, -0.1) is 0 Å². The second-order valence-electron chi connectivity index (χ2n) is 14.3. The van der Waals surface area contributed by atoms with Crippen molar-refractivity contribution in [2.75, 3.05) is 18.4 Å². The van der Waals surface area contributed by atoms with E-state index in [0.29, 0.717) is 28.0 Å². The van der Waals surface area contributed by atoms with Crippen LogP contribution in [0.4, 0.5) is 5.95 Å². The van der Waals surface area contributed by atoms with Gasteiger partial charge in [0.15, 0.2) is 0 Å². The van der Waals surface area contributed by atoms with E-state index in [9.17, 15) is 4.79 Å². The number of nitrogens with zero attached hydrogens (tertiary/aromatic N) is 4. The van der Waals surface area contributed by atoms with E-state index in [-0.39, 0.29) is 17.0 Å². The Labute approximate surface area is 288 Å². The molecule has 0 atom stereocenters. The minimum atomic E-state index is -0.342. The summed E-state index contributed by atoms with van der Waals surface area (Å²) in [7, 11) is 0. The average molecular weight is 678 g/mol. The van der Waals surface area contributed by atoms with Crippen LogP contribution in [0.25, 0.3) is 22.6 Å². The Hall–Kier alpha value is -2.94. The van der Waals surface area contributed by atoms with Gasteiger partial charge in [-0.1, -0.05) is 54.6 Å². The lowest BCUT2D eigenvalue weighted by Gasteiger charge is -2.53. The number of piperidine rings is 1. The van der Waals surface area contributed by atoms with Crippen LogP contribution in [0, 0.1) is 5.41 Å². The monoisotopic (exact) mass is 676 g/mol. The highest BCUT2D eigenvalue weighted by molar-refractivity contribution is 6.42. The molecule has 0 unspecified atom stereocenters. The van der Waals surface area contributed by atoms with Crippen LogP contribution in [0.15, 0.2) is 42.6 Å². The molecule has 10 heteroatoms. The number of esters is 1. The molecule has 1 saturated heterocycles. The van der Waals surface area contributed by atoms with Crippen LogP contribution in [-0.2, 0) is 16.1 Å². The number of imidazole rings is 1. The molecule has 8 nitrogen and oxygen atoms in total. The molecule has 2 N–H and O–H groups in total. The zero-order valence-electron chi connectivity index (χ0n) is 27.4. The summed E-state index contributed by atoms with van der Waals surface area (Å²) in [5, 5.41) is 8.22. The minimum absolute atomic E-state index is 0.0942. The molecular formula is C37H46Cl2N6O2. The summed E-state index contributed by atoms with van der Waals surface area (Å²) in [5.74, 6) is 1.91. The molecule has 4 aliphatic carbocycles. The van der Waals surface area contributed by atoms with Crippen molar-refractivity contribution in [2.24, 2.45) is 5.41 Å². The molecule has 8 rings (SSSR count). The van der Waals surface area contributed by atoms with Crippen LogP contribution in [0.3, 0.4) is 0 Å². The molecule has 3 heterocycles. The van der Waals surface area contributed by atoms with E-state index in [1.165, 1.54) is 25.3 Å². The number of ether oxygens (including phenoxy) is 1. The fourth-order valence-electron chi connectivity index (χ4n) is 8.45. The molecular weight excluding hydrogens is 631 g/mol. The molecule has 3 aromatic rings. The average Bonchev–Trinajstić information content (AvgIpc) is 3.46. The van der Waals surface area contributed by atoms with Gasteiger partial charge >= 0.3 is 5.97 Å². The Balaban J connectivity index is 1.30. The fraction of sp³-hybridized carbons (Fsp3) is 0.568. The van der Waals surface area contributed by atoms with E-state index in [1.54, 1.807) is 6.08 Å². The van der Waals surface area contributed by atoms with Crippen LogP contribution in [-0.4, -0.2) is 50.2 Å². The number of fused-ring (bicyclic) bond motifs is 3. The summed E-state index contributed by atoms with van der Waals surface area (Å²) >= 11 is 13.0. The fourth-order valence-corrected chi connectivity index (χ4v) is 8.75. The van der Waals surface area contributed by atoms with Crippen molar-refractivity contribution in [1.82, 2.24) is 24.8 Å². The number of rotatable bonds is 9. The zero-order chi connectivity index (χ0) is 32.4. The van der Waals surface area contributed by atoms with E-state index in [2.05, 4.69) is 20.2 Å². The van der Waals surface area contributed by atoms with Crippen LogP contribution in [0.1, 0.15) is 102 Å². The third-order valence-electron chi connectivity index (χ3n) is 11.2. The number of halogens is 2. The number of hydrogen-bond acceptors (Lipinski definition) is 7. The minimum Gasteiger partial charge on any atom is -0.456 e. The summed E-state index contributed by atoms with van der Waals surface area (Å²) in [6, 6.07) is 8.23. The standard InChI is InChI=1S/C37H46Cl2N6O2/c1-2-6-31(46)47-37-17-14-36(15-18-37,16-19-37)24-45-33(30-13-22-41-35(43-30)42-27-7-4-3-5-8-27)32(26-9-10-28(38)29(39)23-26)44-34(45)25-11-20-40-21-12-25/h2,6,9-10,13,22-23,25,27,40H,3-5,7-8,11-12,14-21,24H2,1H3,(H,41,42,43)/b6-2+. The van der Waals surface area contributed by atoms with E-state index in [0.717, 1.165) is 112 Å². The normalized spacial score (nSPS) is 25.3. The quantitative estimate of drug-likeness (QED) is 0.173. The number of aromatic nitrogens is 4. The Bertz CT molecular complexity index is 1600. The number of benzene rings is 1. The number of carbonyl (C=O) groups is 1. The Morgan fingerprint density at radius 3 is 2.45 bits per heavy atom. The van der Waals surface area contributed by atoms with Gasteiger partial charge in [-0.2, -0.15) is 0 Å². The maximum absolute atomic E-state index is 12.5. The smallest absolute Gasteiger partial charge is 0.330 e. The highest BCUT2D eigenvalue weighted by Crippen LogP contribution is 2.55. The summed E-state index contributed by atoms with van der Waals surface area (Å²) in [6.45, 7) is 4.66. The molecule has 5 aliphatic rings. The highest BCUT2D eigenvalue weighted by atomic mass is 35.5. The Morgan fingerprint density at radius 1 is 1.00 bits per heavy atom. The van der Waals surface area contributed by atoms with Gasteiger partial charge in [0.1, 0.15) is 11.4 Å². The third kappa shape index (κ3) is 6.97. The maximum Gasteiger partial charge on any atom is 0.330 e. The first-order chi connectivity index (χ1) is 22.9. The maximum atomic E-state index is 12.5. The van der Waals surface area contributed by atoms with E-state index < -0.39 is 0 Å². The molecule has 0 spiro atoms. The number of hydrogen-bond donors (Lipinski definition) is 2. The number of anilines is 1. The van der Waals surface area contributed by atoms with E-state index in [1.807, 2.05) is 37.4 Å². The van der Waals surface area contributed by atoms with Gasteiger partial charge in [0.25, 0.3) is 0 Å². The highest BCUT2D eigenvalue weighted by Gasteiger charge is 2.51. The zero-order valence-corrected chi connectivity index (χ0v) is 28.9. The predicted octanol–water partition coefficient (Wildman–Crippen LogP) is 8.74. The van der Waals surface area contributed by atoms with Gasteiger partial charge in [-0.3, -0.25) is 0 Å². The summed E-state index contributed by atoms with van der Waals surface area (Å²) in [6.07, 6.45) is 19.0. The van der Waals surface area contributed by atoms with Crippen molar-refractivity contribution in [3.63, 3.8) is 0 Å². The Morgan fingerprint density at radius 2 is 1.74 bits per heavy atom. The van der Waals surface area contributed by atoms with Crippen molar-refractivity contribution in [1.29, 1.82) is 0 Å². The lowest BCUT2D eigenvalue weighted by molar-refractivity contribution is -0.172. The van der Waals surface area contributed by atoms with Gasteiger partial charge in [0.2, 0.25) is 5.95 Å².